The van der Waals surface area contributed by atoms with E-state index in [0.29, 0.717) is 0 Å². The molecule has 0 aromatic heterocycles. The molecule has 0 amide bonds. The molecule has 18 heavy (non-hydrogen) atoms. The number of hydrogen-bond acceptors (Lipinski definition) is 1. The van der Waals surface area contributed by atoms with Crippen molar-refractivity contribution in [3.8, 4) is 0 Å². The fourth-order valence-electron chi connectivity index (χ4n) is 3.74. The Bertz CT molecular complexity index is 399. The van der Waals surface area contributed by atoms with E-state index in [9.17, 15) is 0 Å². The van der Waals surface area contributed by atoms with Crippen molar-refractivity contribution < 1.29 is 0 Å². The van der Waals surface area contributed by atoms with Crippen molar-refractivity contribution in [3.05, 3.63) is 34.4 Å². The number of nitrogens with one attached hydrogen (secondary N) is 1. The van der Waals surface area contributed by atoms with Gasteiger partial charge < -0.3 is 5.32 Å². The van der Waals surface area contributed by atoms with Crippen molar-refractivity contribution in [1.29, 1.82) is 0 Å². The van der Waals surface area contributed by atoms with Crippen LogP contribution in [0.15, 0.2) is 12.1 Å². The van der Waals surface area contributed by atoms with E-state index >= 15 is 0 Å². The van der Waals surface area contributed by atoms with Crippen LogP contribution in [0.4, 0.5) is 0 Å². The molecule has 1 aromatic rings. The summed E-state index contributed by atoms with van der Waals surface area (Å²) in [5, 5.41) is 3.47. The van der Waals surface area contributed by atoms with Crippen molar-refractivity contribution >= 4 is 0 Å². The van der Waals surface area contributed by atoms with Gasteiger partial charge in [0.1, 0.15) is 0 Å². The Hall–Kier alpha value is -0.820. The van der Waals surface area contributed by atoms with Gasteiger partial charge in [-0.05, 0) is 75.6 Å². The summed E-state index contributed by atoms with van der Waals surface area (Å²) >= 11 is 0. The number of hydrogen-bond donors (Lipinski definition) is 1. The molecule has 1 fully saturated rings. The minimum atomic E-state index is 0.723. The van der Waals surface area contributed by atoms with E-state index in [1.54, 1.807) is 5.56 Å². The molecule has 1 saturated carbocycles. The second kappa shape index (κ2) is 5.44. The molecule has 100 valence electrons. The highest BCUT2D eigenvalue weighted by Gasteiger charge is 2.32. The van der Waals surface area contributed by atoms with Gasteiger partial charge in [0.2, 0.25) is 0 Å². The normalized spacial score (nSPS) is 27.7. The van der Waals surface area contributed by atoms with E-state index in [2.05, 4.69) is 52.2 Å². The van der Waals surface area contributed by atoms with Gasteiger partial charge in [-0.3, -0.25) is 0 Å². The fourth-order valence-corrected chi connectivity index (χ4v) is 3.74. The standard InChI is InChI=1S/C17H27N/c1-11-8-12(2)16(13(3)9-11)10-15-6-7-17(18-5)14(15)4/h8-9,14-15,17-18H,6-7,10H2,1-5H3. The number of rotatable bonds is 3. The van der Waals surface area contributed by atoms with Gasteiger partial charge >= 0.3 is 0 Å². The Balaban J connectivity index is 2.15. The van der Waals surface area contributed by atoms with Crippen LogP contribution in [0.25, 0.3) is 0 Å². The second-order valence-corrected chi connectivity index (χ2v) is 6.17. The highest BCUT2D eigenvalue weighted by molar-refractivity contribution is 5.37. The smallest absolute Gasteiger partial charge is 0.00925 e. The number of aryl methyl sites for hydroxylation is 3. The molecular weight excluding hydrogens is 218 g/mol. The highest BCUT2D eigenvalue weighted by Crippen LogP contribution is 2.35. The van der Waals surface area contributed by atoms with Gasteiger partial charge in [0.05, 0.1) is 0 Å². The van der Waals surface area contributed by atoms with Crippen LogP contribution in [0.1, 0.15) is 42.0 Å². The Morgan fingerprint density at radius 2 is 1.72 bits per heavy atom. The molecule has 1 aliphatic carbocycles. The third kappa shape index (κ3) is 2.61. The summed E-state index contributed by atoms with van der Waals surface area (Å²) in [6.07, 6.45) is 3.98. The minimum absolute atomic E-state index is 0.723. The summed E-state index contributed by atoms with van der Waals surface area (Å²) in [6, 6.07) is 5.38. The first-order chi connectivity index (χ1) is 8.52. The number of benzene rings is 1. The van der Waals surface area contributed by atoms with Crippen LogP contribution in [-0.4, -0.2) is 13.1 Å². The summed E-state index contributed by atoms with van der Waals surface area (Å²) in [4.78, 5) is 0. The van der Waals surface area contributed by atoms with Gasteiger partial charge in [-0.15, -0.1) is 0 Å². The third-order valence-electron chi connectivity index (χ3n) is 4.90. The molecular formula is C17H27N. The largest absolute Gasteiger partial charge is 0.317 e. The van der Waals surface area contributed by atoms with Gasteiger partial charge in [-0.2, -0.15) is 0 Å². The first-order valence-electron chi connectivity index (χ1n) is 7.27. The maximum absolute atomic E-state index is 3.47. The first kappa shape index (κ1) is 13.6. The van der Waals surface area contributed by atoms with Crippen LogP contribution >= 0.6 is 0 Å². The Kier molecular flexibility index (Phi) is 4.11. The minimum Gasteiger partial charge on any atom is -0.317 e. The zero-order valence-electron chi connectivity index (χ0n) is 12.5. The zero-order chi connectivity index (χ0) is 13.3. The quantitative estimate of drug-likeness (QED) is 0.854. The van der Waals surface area contributed by atoms with E-state index in [-0.39, 0.29) is 0 Å². The first-order valence-corrected chi connectivity index (χ1v) is 7.27. The Morgan fingerprint density at radius 3 is 2.22 bits per heavy atom. The van der Waals surface area contributed by atoms with Gasteiger partial charge in [-0.1, -0.05) is 24.6 Å². The van der Waals surface area contributed by atoms with Crippen LogP contribution in [-0.2, 0) is 6.42 Å². The van der Waals surface area contributed by atoms with E-state index < -0.39 is 0 Å². The van der Waals surface area contributed by atoms with Crippen molar-refractivity contribution in [2.24, 2.45) is 11.8 Å². The van der Waals surface area contributed by atoms with Crippen molar-refractivity contribution in [2.75, 3.05) is 7.05 Å². The average Bonchev–Trinajstić information content (AvgIpc) is 2.64. The van der Waals surface area contributed by atoms with Crippen LogP contribution in [0.2, 0.25) is 0 Å². The van der Waals surface area contributed by atoms with Crippen molar-refractivity contribution in [1.82, 2.24) is 5.32 Å². The van der Waals surface area contributed by atoms with Crippen molar-refractivity contribution in [3.63, 3.8) is 0 Å². The molecule has 2 rings (SSSR count). The van der Waals surface area contributed by atoms with Crippen LogP contribution in [0.3, 0.4) is 0 Å². The lowest BCUT2D eigenvalue weighted by molar-refractivity contribution is 0.363. The molecule has 0 heterocycles. The molecule has 3 atom stereocenters. The van der Waals surface area contributed by atoms with Crippen molar-refractivity contribution in [2.45, 2.75) is 53.0 Å². The lowest BCUT2D eigenvalue weighted by atomic mass is 9.86. The molecule has 3 unspecified atom stereocenters. The molecule has 1 aliphatic rings. The van der Waals surface area contributed by atoms with Gasteiger partial charge in [0.15, 0.2) is 0 Å². The van der Waals surface area contributed by atoms with E-state index in [1.807, 2.05) is 0 Å². The van der Waals surface area contributed by atoms with E-state index in [1.165, 1.54) is 36.0 Å². The third-order valence-corrected chi connectivity index (χ3v) is 4.90. The monoisotopic (exact) mass is 245 g/mol. The maximum atomic E-state index is 3.47. The Morgan fingerprint density at radius 1 is 1.11 bits per heavy atom. The topological polar surface area (TPSA) is 12.0 Å². The van der Waals surface area contributed by atoms with Crippen LogP contribution < -0.4 is 5.32 Å². The zero-order valence-corrected chi connectivity index (χ0v) is 12.5. The lowest BCUT2D eigenvalue weighted by Crippen LogP contribution is -2.29. The highest BCUT2D eigenvalue weighted by atomic mass is 14.9. The summed E-state index contributed by atoms with van der Waals surface area (Å²) in [5.74, 6) is 1.65. The molecule has 0 bridgehead atoms. The summed E-state index contributed by atoms with van der Waals surface area (Å²) in [7, 11) is 2.10. The molecule has 1 heteroatoms. The molecule has 0 radical (unpaired) electrons. The average molecular weight is 245 g/mol. The van der Waals surface area contributed by atoms with Gasteiger partial charge in [0.25, 0.3) is 0 Å². The second-order valence-electron chi connectivity index (χ2n) is 6.17. The lowest BCUT2D eigenvalue weighted by Gasteiger charge is -2.22. The predicted octanol–water partition coefficient (Wildman–Crippen LogP) is 3.79. The van der Waals surface area contributed by atoms with E-state index in [4.69, 9.17) is 0 Å². The fraction of sp³-hybridized carbons (Fsp3) is 0.647. The Labute approximate surface area is 112 Å². The molecule has 1 nitrogen and oxygen atoms in total. The molecule has 0 spiro atoms. The predicted molar refractivity (Wildman–Crippen MR) is 79.1 cm³/mol. The maximum Gasteiger partial charge on any atom is 0.00925 e. The van der Waals surface area contributed by atoms with Crippen LogP contribution in [0, 0.1) is 32.6 Å². The summed E-state index contributed by atoms with van der Waals surface area (Å²) in [6.45, 7) is 9.14. The van der Waals surface area contributed by atoms with Gasteiger partial charge in [-0.25, -0.2) is 0 Å². The van der Waals surface area contributed by atoms with E-state index in [0.717, 1.165) is 17.9 Å². The molecule has 1 aromatic carbocycles. The summed E-state index contributed by atoms with van der Waals surface area (Å²) < 4.78 is 0. The van der Waals surface area contributed by atoms with Gasteiger partial charge in [0, 0.05) is 6.04 Å². The molecule has 0 saturated heterocycles. The molecule has 0 aliphatic heterocycles. The summed E-state index contributed by atoms with van der Waals surface area (Å²) in [5.41, 5.74) is 5.94. The SMILES string of the molecule is CNC1CCC(Cc2c(C)cc(C)cc2C)C1C. The molecule has 1 N–H and O–H groups in total. The van der Waals surface area contributed by atoms with Crippen LogP contribution in [0.5, 0.6) is 0 Å².